The van der Waals surface area contributed by atoms with Gasteiger partial charge in [0.15, 0.2) is 0 Å². The van der Waals surface area contributed by atoms with Crippen LogP contribution in [0.1, 0.15) is 10.4 Å². The molecule has 0 fully saturated rings. The van der Waals surface area contributed by atoms with Gasteiger partial charge in [0, 0.05) is 10.2 Å². The fourth-order valence-corrected chi connectivity index (χ4v) is 4.42. The van der Waals surface area contributed by atoms with E-state index in [1.165, 1.54) is 30.3 Å². The summed E-state index contributed by atoms with van der Waals surface area (Å²) in [6.45, 7) is 0. The van der Waals surface area contributed by atoms with Crippen LogP contribution in [-0.2, 0) is 10.0 Å². The number of aromatic nitrogens is 2. The fraction of sp³-hybridized carbons (Fsp3) is 0. The van der Waals surface area contributed by atoms with Crippen molar-refractivity contribution in [2.75, 3.05) is 10.0 Å². The maximum Gasteiger partial charge on any atom is 0.323 e. The van der Waals surface area contributed by atoms with Gasteiger partial charge < -0.3 is 15.3 Å². The predicted octanol–water partition coefficient (Wildman–Crippen LogP) is 3.67. The van der Waals surface area contributed by atoms with Crippen molar-refractivity contribution in [2.24, 2.45) is 0 Å². The Bertz CT molecular complexity index is 1430. The second-order valence-electron chi connectivity index (χ2n) is 6.40. The third-order valence-corrected chi connectivity index (χ3v) is 6.15. The maximum absolute atomic E-state index is 12.9. The molecule has 0 atom stereocenters. The fourth-order valence-electron chi connectivity index (χ4n) is 2.92. The Kier molecular flexibility index (Phi) is 5.18. The molecule has 0 aliphatic rings. The van der Waals surface area contributed by atoms with Crippen molar-refractivity contribution in [2.45, 2.75) is 4.90 Å². The number of carbonyl (C=O) groups excluding carboxylic acids is 1. The smallest absolute Gasteiger partial charge is 0.322 e. The molecule has 0 saturated carbocycles. The van der Waals surface area contributed by atoms with E-state index in [1.54, 1.807) is 30.3 Å². The molecule has 0 aliphatic carbocycles. The Balaban J connectivity index is 1.64. The summed E-state index contributed by atoms with van der Waals surface area (Å²) in [7, 11) is -4.00. The molecular weight excluding hydrogens is 472 g/mol. The maximum atomic E-state index is 12.9. The van der Waals surface area contributed by atoms with Crippen LogP contribution in [-0.4, -0.2) is 24.3 Å². The van der Waals surface area contributed by atoms with E-state index < -0.39 is 21.6 Å². The van der Waals surface area contributed by atoms with Gasteiger partial charge in [0.1, 0.15) is 0 Å². The first-order chi connectivity index (χ1) is 14.3. The molecule has 1 heterocycles. The summed E-state index contributed by atoms with van der Waals surface area (Å²) in [4.78, 5) is 29.2. The Morgan fingerprint density at radius 2 is 1.67 bits per heavy atom. The van der Waals surface area contributed by atoms with Gasteiger partial charge in [0.2, 0.25) is 0 Å². The monoisotopic (exact) mass is 486 g/mol. The zero-order chi connectivity index (χ0) is 21.3. The van der Waals surface area contributed by atoms with Gasteiger partial charge in [-0.1, -0.05) is 34.1 Å². The minimum atomic E-state index is -4.00. The Morgan fingerprint density at radius 1 is 0.900 bits per heavy atom. The van der Waals surface area contributed by atoms with E-state index in [-0.39, 0.29) is 16.1 Å². The number of imidazole rings is 1. The first-order valence-corrected chi connectivity index (χ1v) is 11.0. The molecule has 152 valence electrons. The zero-order valence-corrected chi connectivity index (χ0v) is 17.7. The average Bonchev–Trinajstić information content (AvgIpc) is 3.07. The lowest BCUT2D eigenvalue weighted by Gasteiger charge is -2.13. The lowest BCUT2D eigenvalue weighted by Crippen LogP contribution is -2.18. The second-order valence-corrected chi connectivity index (χ2v) is 9.00. The number of anilines is 2. The highest BCUT2D eigenvalue weighted by Crippen LogP contribution is 2.23. The number of para-hydroxylation sites is 1. The quantitative estimate of drug-likeness (QED) is 0.343. The molecule has 0 saturated heterocycles. The van der Waals surface area contributed by atoms with Crippen LogP contribution in [0.5, 0.6) is 0 Å². The number of aromatic amines is 2. The predicted molar refractivity (Wildman–Crippen MR) is 118 cm³/mol. The van der Waals surface area contributed by atoms with Crippen molar-refractivity contribution in [1.82, 2.24) is 9.97 Å². The molecule has 0 aliphatic heterocycles. The lowest BCUT2D eigenvalue weighted by molar-refractivity contribution is 0.102. The van der Waals surface area contributed by atoms with Gasteiger partial charge in [-0.15, -0.1) is 0 Å². The summed E-state index contributed by atoms with van der Waals surface area (Å²) in [5, 5.41) is 2.74. The van der Waals surface area contributed by atoms with Crippen molar-refractivity contribution in [3.8, 4) is 0 Å². The number of hydrogen-bond acceptors (Lipinski definition) is 4. The summed E-state index contributed by atoms with van der Waals surface area (Å²) in [6.07, 6.45) is 0. The molecule has 30 heavy (non-hydrogen) atoms. The highest BCUT2D eigenvalue weighted by Gasteiger charge is 2.19. The minimum absolute atomic E-state index is 0.0487. The number of H-pyrrole nitrogens is 2. The van der Waals surface area contributed by atoms with Crippen LogP contribution in [0.3, 0.4) is 0 Å². The molecule has 4 rings (SSSR count). The number of fused-ring (bicyclic) bond motifs is 1. The van der Waals surface area contributed by atoms with E-state index in [0.29, 0.717) is 16.7 Å². The van der Waals surface area contributed by atoms with Crippen molar-refractivity contribution >= 4 is 54.3 Å². The molecule has 0 unspecified atom stereocenters. The van der Waals surface area contributed by atoms with Crippen molar-refractivity contribution in [3.63, 3.8) is 0 Å². The van der Waals surface area contributed by atoms with Crippen LogP contribution >= 0.6 is 15.9 Å². The molecule has 0 radical (unpaired) electrons. The lowest BCUT2D eigenvalue weighted by atomic mass is 10.1. The molecule has 8 nitrogen and oxygen atoms in total. The third kappa shape index (κ3) is 4.14. The standard InChI is InChI=1S/C20H15BrN4O4S/c21-12-4-3-5-13(10-12)22-19(26)15-6-1-2-7-16(15)25-30(28,29)14-8-9-17-18(11-14)24-20(27)23-17/h1-11,25H,(H,22,26)(H2,23,24,27). The van der Waals surface area contributed by atoms with Crippen molar-refractivity contribution < 1.29 is 13.2 Å². The van der Waals surface area contributed by atoms with Gasteiger partial charge in [-0.3, -0.25) is 9.52 Å². The number of carbonyl (C=O) groups is 1. The molecule has 3 aromatic carbocycles. The van der Waals surface area contributed by atoms with E-state index in [9.17, 15) is 18.0 Å². The van der Waals surface area contributed by atoms with E-state index in [1.807, 2.05) is 6.07 Å². The highest BCUT2D eigenvalue weighted by atomic mass is 79.9. The van der Waals surface area contributed by atoms with Crippen LogP contribution in [0.2, 0.25) is 0 Å². The first-order valence-electron chi connectivity index (χ1n) is 8.73. The summed E-state index contributed by atoms with van der Waals surface area (Å²) < 4.78 is 29.0. The molecule has 0 bridgehead atoms. The van der Waals surface area contributed by atoms with Crippen LogP contribution < -0.4 is 15.7 Å². The number of sulfonamides is 1. The van der Waals surface area contributed by atoms with Gasteiger partial charge in [-0.25, -0.2) is 13.2 Å². The van der Waals surface area contributed by atoms with Crippen LogP contribution in [0.25, 0.3) is 11.0 Å². The van der Waals surface area contributed by atoms with Gasteiger partial charge in [-0.05, 0) is 48.5 Å². The topological polar surface area (TPSA) is 124 Å². The molecule has 4 aromatic rings. The summed E-state index contributed by atoms with van der Waals surface area (Å²) >= 11 is 3.34. The van der Waals surface area contributed by atoms with E-state index in [0.717, 1.165) is 4.47 Å². The number of amides is 1. The van der Waals surface area contributed by atoms with Crippen LogP contribution in [0.4, 0.5) is 11.4 Å². The van der Waals surface area contributed by atoms with Gasteiger partial charge in [-0.2, -0.15) is 0 Å². The molecule has 4 N–H and O–H groups in total. The van der Waals surface area contributed by atoms with E-state index in [2.05, 4.69) is 35.9 Å². The van der Waals surface area contributed by atoms with Gasteiger partial charge in [0.25, 0.3) is 15.9 Å². The second kappa shape index (κ2) is 7.81. The molecule has 1 aromatic heterocycles. The van der Waals surface area contributed by atoms with Gasteiger partial charge >= 0.3 is 5.69 Å². The Labute approximate surface area is 179 Å². The minimum Gasteiger partial charge on any atom is -0.322 e. The largest absolute Gasteiger partial charge is 0.323 e. The van der Waals surface area contributed by atoms with Gasteiger partial charge in [0.05, 0.1) is 27.2 Å². The van der Waals surface area contributed by atoms with Crippen molar-refractivity contribution in [3.05, 3.63) is 87.3 Å². The number of nitrogens with one attached hydrogen (secondary N) is 4. The van der Waals surface area contributed by atoms with Crippen LogP contribution in [0.15, 0.2) is 80.9 Å². The SMILES string of the molecule is O=C(Nc1cccc(Br)c1)c1ccccc1NS(=O)(=O)c1ccc2[nH]c(=O)[nH]c2c1. The first kappa shape index (κ1) is 19.9. The summed E-state index contributed by atoms with van der Waals surface area (Å²) in [5.41, 5.74) is 1.29. The number of rotatable bonds is 5. The summed E-state index contributed by atoms with van der Waals surface area (Å²) in [6, 6.07) is 17.6. The van der Waals surface area contributed by atoms with E-state index >= 15 is 0 Å². The van der Waals surface area contributed by atoms with Crippen LogP contribution in [0, 0.1) is 0 Å². The van der Waals surface area contributed by atoms with Crippen molar-refractivity contribution in [1.29, 1.82) is 0 Å². The molecule has 1 amide bonds. The molecule has 10 heteroatoms. The third-order valence-electron chi connectivity index (χ3n) is 4.30. The number of hydrogen-bond donors (Lipinski definition) is 4. The zero-order valence-electron chi connectivity index (χ0n) is 15.3. The Hall–Kier alpha value is -3.37. The van der Waals surface area contributed by atoms with E-state index in [4.69, 9.17) is 0 Å². The average molecular weight is 487 g/mol. The highest BCUT2D eigenvalue weighted by molar-refractivity contribution is 9.10. The summed E-state index contributed by atoms with van der Waals surface area (Å²) in [5.74, 6) is -0.461. The molecule has 0 spiro atoms. The Morgan fingerprint density at radius 3 is 2.47 bits per heavy atom. The number of benzene rings is 3. The number of halogens is 1. The normalized spacial score (nSPS) is 11.4. The molecular formula is C20H15BrN4O4S.